The molecule has 0 saturated carbocycles. The van der Waals surface area contributed by atoms with Crippen molar-refractivity contribution in [2.45, 2.75) is 25.5 Å². The maximum Gasteiger partial charge on any atom is 0.286 e. The first-order chi connectivity index (χ1) is 12.5. The molecule has 2 rings (SSSR count). The average molecular weight is 371 g/mol. The number of ether oxygens (including phenoxy) is 1. The van der Waals surface area contributed by atoms with Crippen LogP contribution in [-0.2, 0) is 16.0 Å². The molecule has 1 aliphatic heterocycles. The van der Waals surface area contributed by atoms with Crippen LogP contribution in [0.15, 0.2) is 60.2 Å². The Morgan fingerprint density at radius 2 is 1.92 bits per heavy atom. The van der Waals surface area contributed by atoms with Crippen LogP contribution in [0.1, 0.15) is 19.4 Å². The molecule has 0 aliphatic carbocycles. The highest BCUT2D eigenvalue weighted by molar-refractivity contribution is 8.15. The van der Waals surface area contributed by atoms with Gasteiger partial charge in [0.1, 0.15) is 5.75 Å². The number of carbonyl (C=O) groups is 3. The van der Waals surface area contributed by atoms with Crippen LogP contribution in [0.2, 0.25) is 0 Å². The van der Waals surface area contributed by atoms with Crippen LogP contribution in [-0.4, -0.2) is 28.8 Å². The highest BCUT2D eigenvalue weighted by atomic mass is 32.2. The molecule has 1 atom stereocenters. The fourth-order valence-electron chi connectivity index (χ4n) is 2.32. The highest BCUT2D eigenvalue weighted by Gasteiger charge is 2.31. The Kier molecular flexibility index (Phi) is 7.41. The van der Waals surface area contributed by atoms with E-state index in [1.165, 1.54) is 0 Å². The third-order valence-corrected chi connectivity index (χ3v) is 4.60. The predicted molar refractivity (Wildman–Crippen MR) is 103 cm³/mol. The van der Waals surface area contributed by atoms with Crippen molar-refractivity contribution in [1.29, 1.82) is 0 Å². The van der Waals surface area contributed by atoms with Gasteiger partial charge in [-0.2, -0.15) is 0 Å². The van der Waals surface area contributed by atoms with Gasteiger partial charge in [0.05, 0.1) is 5.25 Å². The zero-order chi connectivity index (χ0) is 18.9. The second kappa shape index (κ2) is 9.77. The van der Waals surface area contributed by atoms with Crippen LogP contribution in [0.5, 0.6) is 5.75 Å². The molecular weight excluding hydrogens is 350 g/mol. The first-order valence-electron chi connectivity index (χ1n) is 8.25. The van der Waals surface area contributed by atoms with Gasteiger partial charge in [-0.25, -0.2) is 0 Å². The van der Waals surface area contributed by atoms with Crippen LogP contribution in [0, 0.1) is 0 Å². The van der Waals surface area contributed by atoms with Crippen LogP contribution >= 0.6 is 11.8 Å². The summed E-state index contributed by atoms with van der Waals surface area (Å²) >= 11 is 1.01. The van der Waals surface area contributed by atoms with Gasteiger partial charge < -0.3 is 4.74 Å². The number of carbonyl (C=O) groups excluding carboxylic acids is 3. The van der Waals surface area contributed by atoms with E-state index < -0.39 is 5.25 Å². The molecule has 1 N–H and O–H groups in total. The molecule has 6 heteroatoms. The van der Waals surface area contributed by atoms with Gasteiger partial charge in [-0.1, -0.05) is 54.3 Å². The lowest BCUT2D eigenvalue weighted by molar-refractivity contribution is -0.119. The molecule has 0 unspecified atom stereocenters. The molecule has 1 aromatic carbocycles. The van der Waals surface area contributed by atoms with Crippen LogP contribution in [0.3, 0.4) is 0 Å². The number of rotatable bonds is 8. The Morgan fingerprint density at radius 1 is 1.19 bits per heavy atom. The molecule has 136 valence electrons. The van der Waals surface area contributed by atoms with Crippen molar-refractivity contribution in [2.75, 3.05) is 6.61 Å². The van der Waals surface area contributed by atoms with Gasteiger partial charge in [-0.15, -0.1) is 0 Å². The van der Waals surface area contributed by atoms with Crippen LogP contribution in [0.4, 0.5) is 4.79 Å². The number of hydrogen-bond acceptors (Lipinski definition) is 5. The molecule has 1 aromatic rings. The number of amides is 2. The Morgan fingerprint density at radius 3 is 2.50 bits per heavy atom. The zero-order valence-electron chi connectivity index (χ0n) is 14.7. The smallest absolute Gasteiger partial charge is 0.286 e. The summed E-state index contributed by atoms with van der Waals surface area (Å²) < 4.78 is 5.55. The largest absolute Gasteiger partial charge is 0.485 e. The standard InChI is InChI=1S/C20H21NO4S/c1-3-5-7-15(6-4-2)17(22)13-25-16-10-8-14(9-11-16)12-18-19(23)21-20(24)26-18/h3-11,18H,12-13H2,1-2H3,(H,21,23,24)/b5-3-,6-4-,15-7+/t18-/m1/s1. The summed E-state index contributed by atoms with van der Waals surface area (Å²) in [6.45, 7) is 3.69. The number of benzene rings is 1. The van der Waals surface area contributed by atoms with E-state index in [4.69, 9.17) is 4.74 Å². The van der Waals surface area contributed by atoms with Crippen LogP contribution in [0.25, 0.3) is 0 Å². The fraction of sp³-hybridized carbons (Fsp3) is 0.250. The van der Waals surface area contributed by atoms with Crippen molar-refractivity contribution < 1.29 is 19.1 Å². The van der Waals surface area contributed by atoms with E-state index in [-0.39, 0.29) is 23.5 Å². The van der Waals surface area contributed by atoms with Gasteiger partial charge in [0.15, 0.2) is 12.4 Å². The minimum atomic E-state index is -0.393. The molecule has 0 radical (unpaired) electrons. The van der Waals surface area contributed by atoms with Crippen molar-refractivity contribution in [3.8, 4) is 5.75 Å². The van der Waals surface area contributed by atoms with Crippen molar-refractivity contribution in [1.82, 2.24) is 5.32 Å². The van der Waals surface area contributed by atoms with E-state index in [2.05, 4.69) is 5.32 Å². The molecule has 1 heterocycles. The second-order valence-electron chi connectivity index (χ2n) is 5.59. The lowest BCUT2D eigenvalue weighted by Gasteiger charge is -2.08. The summed E-state index contributed by atoms with van der Waals surface area (Å²) in [4.78, 5) is 35.0. The lowest BCUT2D eigenvalue weighted by Crippen LogP contribution is -2.25. The van der Waals surface area contributed by atoms with E-state index in [0.29, 0.717) is 17.7 Å². The minimum absolute atomic E-state index is 0.0531. The van der Waals surface area contributed by atoms with Gasteiger partial charge in [0, 0.05) is 5.57 Å². The number of imide groups is 1. The molecule has 1 aliphatic rings. The molecule has 1 saturated heterocycles. The average Bonchev–Trinajstić information content (AvgIpc) is 2.94. The van der Waals surface area contributed by atoms with Gasteiger partial charge in [0.2, 0.25) is 5.91 Å². The number of Topliss-reactive ketones (excluding diaryl/α,β-unsaturated/α-hetero) is 1. The first kappa shape index (κ1) is 19.7. The number of hydrogen-bond donors (Lipinski definition) is 1. The molecule has 0 spiro atoms. The van der Waals surface area contributed by atoms with Crippen molar-refractivity contribution >= 4 is 28.7 Å². The molecule has 26 heavy (non-hydrogen) atoms. The monoisotopic (exact) mass is 371 g/mol. The molecule has 0 aromatic heterocycles. The summed E-state index contributed by atoms with van der Waals surface area (Å²) in [6.07, 6.45) is 9.44. The van der Waals surface area contributed by atoms with Gasteiger partial charge in [0.25, 0.3) is 5.24 Å². The second-order valence-corrected chi connectivity index (χ2v) is 6.77. The molecule has 5 nitrogen and oxygen atoms in total. The highest BCUT2D eigenvalue weighted by Crippen LogP contribution is 2.23. The Labute approximate surface area is 157 Å². The Balaban J connectivity index is 1.91. The Bertz CT molecular complexity index is 763. The van der Waals surface area contributed by atoms with E-state index in [0.717, 1.165) is 17.3 Å². The van der Waals surface area contributed by atoms with E-state index >= 15 is 0 Å². The molecule has 1 fully saturated rings. The number of thioether (sulfide) groups is 1. The van der Waals surface area contributed by atoms with E-state index in [1.54, 1.807) is 24.3 Å². The maximum absolute atomic E-state index is 12.2. The molecule has 0 bridgehead atoms. The summed E-state index contributed by atoms with van der Waals surface area (Å²) in [5.41, 5.74) is 1.50. The number of allylic oxidation sites excluding steroid dienone is 5. The number of ketones is 1. The van der Waals surface area contributed by atoms with Crippen molar-refractivity contribution in [3.63, 3.8) is 0 Å². The summed E-state index contributed by atoms with van der Waals surface area (Å²) in [7, 11) is 0. The van der Waals surface area contributed by atoms with E-state index in [9.17, 15) is 14.4 Å². The maximum atomic E-state index is 12.2. The van der Waals surface area contributed by atoms with E-state index in [1.807, 2.05) is 44.2 Å². The van der Waals surface area contributed by atoms with Gasteiger partial charge >= 0.3 is 0 Å². The first-order valence-corrected chi connectivity index (χ1v) is 9.13. The topological polar surface area (TPSA) is 72.5 Å². The van der Waals surface area contributed by atoms with Crippen molar-refractivity contribution in [2.24, 2.45) is 0 Å². The minimum Gasteiger partial charge on any atom is -0.485 e. The quantitative estimate of drug-likeness (QED) is 0.558. The fourth-order valence-corrected chi connectivity index (χ4v) is 3.18. The zero-order valence-corrected chi connectivity index (χ0v) is 15.5. The van der Waals surface area contributed by atoms with Gasteiger partial charge in [-0.3, -0.25) is 19.7 Å². The van der Waals surface area contributed by atoms with Crippen LogP contribution < -0.4 is 10.1 Å². The summed E-state index contributed by atoms with van der Waals surface area (Å²) in [5, 5.41) is 1.58. The summed E-state index contributed by atoms with van der Waals surface area (Å²) in [5.74, 6) is 0.214. The molecule has 2 amide bonds. The summed E-state index contributed by atoms with van der Waals surface area (Å²) in [6, 6.07) is 7.18. The lowest BCUT2D eigenvalue weighted by atomic mass is 10.1. The number of nitrogens with one attached hydrogen (secondary N) is 1. The normalized spacial score (nSPS) is 17.9. The SMILES string of the molecule is C\C=C/C=C(\C=C/C)C(=O)COc1ccc(C[C@H]2SC(=O)NC2=O)cc1. The molecular formula is C20H21NO4S. The predicted octanol–water partition coefficient (Wildman–Crippen LogP) is 3.61. The van der Waals surface area contributed by atoms with Gasteiger partial charge in [-0.05, 0) is 38.0 Å². The third kappa shape index (κ3) is 5.74. The van der Waals surface area contributed by atoms with Crippen molar-refractivity contribution in [3.05, 3.63) is 65.8 Å². The Hall–Kier alpha value is -2.60. The third-order valence-electron chi connectivity index (χ3n) is 3.62.